The van der Waals surface area contributed by atoms with Gasteiger partial charge in [-0.25, -0.2) is 0 Å². The highest BCUT2D eigenvalue weighted by molar-refractivity contribution is 6.31. The topological polar surface area (TPSA) is 81.8 Å². The first kappa shape index (κ1) is 22.8. The molecule has 1 aliphatic heterocycles. The van der Waals surface area contributed by atoms with Crippen molar-refractivity contribution < 1.29 is 14.4 Å². The molecule has 0 saturated heterocycles. The van der Waals surface area contributed by atoms with Crippen LogP contribution in [-0.2, 0) is 14.4 Å². The van der Waals surface area contributed by atoms with Crippen molar-refractivity contribution in [1.29, 1.82) is 0 Å². The van der Waals surface area contributed by atoms with E-state index in [1.54, 1.807) is 48.0 Å². The maximum absolute atomic E-state index is 13.2. The van der Waals surface area contributed by atoms with Gasteiger partial charge in [-0.1, -0.05) is 29.8 Å². The Hall–Kier alpha value is -2.90. The second kappa shape index (κ2) is 9.49. The van der Waals surface area contributed by atoms with E-state index in [0.29, 0.717) is 22.1 Å². The minimum Gasteiger partial charge on any atom is -0.324 e. The van der Waals surface area contributed by atoms with Crippen molar-refractivity contribution in [1.82, 2.24) is 4.90 Å². The summed E-state index contributed by atoms with van der Waals surface area (Å²) in [6.45, 7) is 5.45. The van der Waals surface area contributed by atoms with Crippen LogP contribution >= 0.6 is 11.6 Å². The van der Waals surface area contributed by atoms with E-state index >= 15 is 0 Å². The van der Waals surface area contributed by atoms with Gasteiger partial charge in [0, 0.05) is 23.2 Å². The third-order valence-electron chi connectivity index (χ3n) is 5.58. The molecule has 3 rings (SSSR count). The molecule has 0 unspecified atom stereocenters. The van der Waals surface area contributed by atoms with E-state index < -0.39 is 6.04 Å². The van der Waals surface area contributed by atoms with Crippen LogP contribution in [-0.4, -0.2) is 48.3 Å². The number of amides is 3. The van der Waals surface area contributed by atoms with Gasteiger partial charge in [0.15, 0.2) is 0 Å². The number of nitrogens with zero attached hydrogens (tertiary/aromatic N) is 2. The number of hydrogen-bond donors (Lipinski definition) is 2. The van der Waals surface area contributed by atoms with Crippen LogP contribution < -0.4 is 15.5 Å². The minimum absolute atomic E-state index is 0.0238. The molecule has 0 saturated carbocycles. The number of anilines is 3. The smallest absolute Gasteiger partial charge is 0.241 e. The molecule has 0 aromatic heterocycles. The largest absolute Gasteiger partial charge is 0.324 e. The summed E-state index contributed by atoms with van der Waals surface area (Å²) < 4.78 is 0. The highest BCUT2D eigenvalue weighted by atomic mass is 35.5. The third-order valence-corrected chi connectivity index (χ3v) is 5.99. The molecule has 2 atom stereocenters. The Morgan fingerprint density at radius 3 is 2.71 bits per heavy atom. The monoisotopic (exact) mass is 442 g/mol. The van der Waals surface area contributed by atoms with Crippen LogP contribution in [0.2, 0.25) is 5.02 Å². The van der Waals surface area contributed by atoms with Crippen LogP contribution in [0.25, 0.3) is 0 Å². The zero-order chi connectivity index (χ0) is 22.7. The zero-order valence-electron chi connectivity index (χ0n) is 18.1. The standard InChI is InChI=1S/C23H27ClN4O3/c1-14-12-21(29)25-19-9-5-6-11-20(19)28(14)22(30)13-27(4)16(3)23(31)26-18-10-7-8-17(24)15(18)2/h5-11,14,16H,12-13H2,1-4H3,(H,25,29)(H,26,31)/t14-,16-/m1/s1. The molecule has 1 heterocycles. The van der Waals surface area contributed by atoms with E-state index in [1.807, 2.05) is 32.0 Å². The first-order valence-electron chi connectivity index (χ1n) is 10.2. The predicted molar refractivity (Wildman–Crippen MR) is 124 cm³/mol. The van der Waals surface area contributed by atoms with Crippen molar-refractivity contribution in [2.24, 2.45) is 0 Å². The summed E-state index contributed by atoms with van der Waals surface area (Å²) in [7, 11) is 1.73. The van der Waals surface area contributed by atoms with Crippen LogP contribution in [0.3, 0.4) is 0 Å². The fourth-order valence-electron chi connectivity index (χ4n) is 3.57. The maximum Gasteiger partial charge on any atom is 0.241 e. The van der Waals surface area contributed by atoms with Crippen molar-refractivity contribution in [2.45, 2.75) is 39.3 Å². The molecule has 0 spiro atoms. The predicted octanol–water partition coefficient (Wildman–Crippen LogP) is 3.67. The summed E-state index contributed by atoms with van der Waals surface area (Å²) in [4.78, 5) is 41.5. The van der Waals surface area contributed by atoms with Gasteiger partial charge in [-0.3, -0.25) is 19.3 Å². The molecular weight excluding hydrogens is 416 g/mol. The van der Waals surface area contributed by atoms with Crippen molar-refractivity contribution in [2.75, 3.05) is 29.1 Å². The number of hydrogen-bond acceptors (Lipinski definition) is 4. The van der Waals surface area contributed by atoms with E-state index in [4.69, 9.17) is 11.6 Å². The summed E-state index contributed by atoms with van der Waals surface area (Å²) in [5.74, 6) is -0.549. The van der Waals surface area contributed by atoms with Crippen LogP contribution in [0.15, 0.2) is 42.5 Å². The van der Waals surface area contributed by atoms with Crippen LogP contribution in [0.4, 0.5) is 17.1 Å². The molecule has 2 aromatic rings. The molecule has 2 aromatic carbocycles. The first-order chi connectivity index (χ1) is 14.7. The van der Waals surface area contributed by atoms with E-state index in [-0.39, 0.29) is 36.7 Å². The quantitative estimate of drug-likeness (QED) is 0.740. The highest BCUT2D eigenvalue weighted by Gasteiger charge is 2.31. The Kier molecular flexibility index (Phi) is 6.97. The van der Waals surface area contributed by atoms with Gasteiger partial charge >= 0.3 is 0 Å². The molecule has 0 radical (unpaired) electrons. The fraction of sp³-hybridized carbons (Fsp3) is 0.348. The number of fused-ring (bicyclic) bond motifs is 1. The Morgan fingerprint density at radius 1 is 1.26 bits per heavy atom. The number of nitrogens with one attached hydrogen (secondary N) is 2. The lowest BCUT2D eigenvalue weighted by Crippen LogP contribution is -2.48. The van der Waals surface area contributed by atoms with Crippen molar-refractivity contribution in [3.05, 3.63) is 53.1 Å². The SMILES string of the molecule is Cc1c(Cl)cccc1NC(=O)[C@@H](C)N(C)CC(=O)N1c2ccccc2NC(=O)C[C@H]1C. The normalized spacial score (nSPS) is 16.9. The Bertz CT molecular complexity index is 1010. The molecule has 2 N–H and O–H groups in total. The zero-order valence-corrected chi connectivity index (χ0v) is 18.9. The summed E-state index contributed by atoms with van der Waals surface area (Å²) in [6, 6.07) is 11.7. The Labute approximate surface area is 187 Å². The molecule has 8 heteroatoms. The molecule has 3 amide bonds. The number of rotatable bonds is 5. The molecular formula is C23H27ClN4O3. The lowest BCUT2D eigenvalue weighted by molar-refractivity contribution is -0.123. The van der Waals surface area contributed by atoms with Crippen LogP contribution in [0.1, 0.15) is 25.8 Å². The maximum atomic E-state index is 13.2. The summed E-state index contributed by atoms with van der Waals surface area (Å²) >= 11 is 6.13. The molecule has 31 heavy (non-hydrogen) atoms. The summed E-state index contributed by atoms with van der Waals surface area (Å²) in [6.07, 6.45) is 0.203. The first-order valence-corrected chi connectivity index (χ1v) is 10.5. The van der Waals surface area contributed by atoms with Gasteiger partial charge in [0.1, 0.15) is 0 Å². The second-order valence-corrected chi connectivity index (χ2v) is 8.28. The van der Waals surface area contributed by atoms with Gasteiger partial charge in [0.2, 0.25) is 17.7 Å². The molecule has 0 bridgehead atoms. The van der Waals surface area contributed by atoms with Crippen molar-refractivity contribution >= 4 is 46.4 Å². The minimum atomic E-state index is -0.556. The van der Waals surface area contributed by atoms with E-state index in [0.717, 1.165) is 5.56 Å². The van der Waals surface area contributed by atoms with Crippen molar-refractivity contribution in [3.8, 4) is 0 Å². The lowest BCUT2D eigenvalue weighted by atomic mass is 10.1. The number of halogens is 1. The molecule has 0 fully saturated rings. The number of likely N-dealkylation sites (N-methyl/N-ethyl adjacent to an activating group) is 1. The van der Waals surface area contributed by atoms with Gasteiger partial charge in [-0.2, -0.15) is 0 Å². The summed E-state index contributed by atoms with van der Waals surface area (Å²) in [5.41, 5.74) is 2.69. The average Bonchev–Trinajstić information content (AvgIpc) is 2.84. The molecule has 164 valence electrons. The number of carbonyl (C=O) groups excluding carboxylic acids is 3. The average molecular weight is 443 g/mol. The third kappa shape index (κ3) is 5.06. The Balaban J connectivity index is 1.72. The second-order valence-electron chi connectivity index (χ2n) is 7.87. The molecule has 0 aliphatic carbocycles. The van der Waals surface area contributed by atoms with E-state index in [2.05, 4.69) is 10.6 Å². The van der Waals surface area contributed by atoms with Crippen molar-refractivity contribution in [3.63, 3.8) is 0 Å². The van der Waals surface area contributed by atoms with E-state index in [1.165, 1.54) is 0 Å². The molecule has 1 aliphatic rings. The molecule has 7 nitrogen and oxygen atoms in total. The van der Waals surface area contributed by atoms with Gasteiger partial charge in [-0.05, 0) is 57.6 Å². The van der Waals surface area contributed by atoms with Gasteiger partial charge < -0.3 is 15.5 Å². The van der Waals surface area contributed by atoms with Gasteiger partial charge in [0.25, 0.3) is 0 Å². The lowest BCUT2D eigenvalue weighted by Gasteiger charge is -2.31. The highest BCUT2D eigenvalue weighted by Crippen LogP contribution is 2.31. The Morgan fingerprint density at radius 2 is 1.97 bits per heavy atom. The van der Waals surface area contributed by atoms with Gasteiger partial charge in [-0.15, -0.1) is 0 Å². The van der Waals surface area contributed by atoms with Gasteiger partial charge in [0.05, 0.1) is 24.0 Å². The number of para-hydroxylation sites is 2. The fourth-order valence-corrected chi connectivity index (χ4v) is 3.75. The van der Waals surface area contributed by atoms with Crippen LogP contribution in [0, 0.1) is 6.92 Å². The van der Waals surface area contributed by atoms with Crippen LogP contribution in [0.5, 0.6) is 0 Å². The summed E-state index contributed by atoms with van der Waals surface area (Å²) in [5, 5.41) is 6.30. The number of benzene rings is 2. The van der Waals surface area contributed by atoms with E-state index in [9.17, 15) is 14.4 Å². The number of carbonyl (C=O) groups is 3.